The minimum absolute atomic E-state index is 0.0575. The number of nitrogens with zero attached hydrogens (tertiary/aromatic N) is 1. The van der Waals surface area contributed by atoms with Crippen LogP contribution in [0, 0.1) is 0 Å². The highest BCUT2D eigenvalue weighted by Gasteiger charge is 2.31. The molecule has 1 N–H and O–H groups in total. The van der Waals surface area contributed by atoms with Crippen LogP contribution in [0.5, 0.6) is 0 Å². The number of sulfonamides is 1. The molecular formula is C11H10N2O4S2. The molecule has 0 unspecified atom stereocenters. The maximum atomic E-state index is 12.1. The number of fused-ring (bicyclic) bond motifs is 1. The first-order chi connectivity index (χ1) is 9.06. The van der Waals surface area contributed by atoms with Crippen molar-refractivity contribution in [2.75, 3.05) is 6.61 Å². The third kappa shape index (κ3) is 2.34. The quantitative estimate of drug-likeness (QED) is 0.851. The first-order valence-electron chi connectivity index (χ1n) is 5.58. The summed E-state index contributed by atoms with van der Waals surface area (Å²) in [7, 11) is -3.75. The predicted molar refractivity (Wildman–Crippen MR) is 69.3 cm³/mol. The summed E-state index contributed by atoms with van der Waals surface area (Å²) < 4.78 is 32.1. The second-order valence-corrected chi connectivity index (χ2v) is 6.77. The molecule has 8 heteroatoms. The molecule has 0 bridgehead atoms. The molecule has 19 heavy (non-hydrogen) atoms. The second-order valence-electron chi connectivity index (χ2n) is 4.11. The Bertz CT molecular complexity index is 738. The summed E-state index contributed by atoms with van der Waals surface area (Å²) >= 11 is 1.41. The molecule has 0 aliphatic carbocycles. The summed E-state index contributed by atoms with van der Waals surface area (Å²) in [4.78, 5) is 15.4. The van der Waals surface area contributed by atoms with Crippen molar-refractivity contribution in [3.05, 3.63) is 23.7 Å². The van der Waals surface area contributed by atoms with E-state index in [0.29, 0.717) is 6.42 Å². The second kappa shape index (κ2) is 4.55. The van der Waals surface area contributed by atoms with Gasteiger partial charge in [-0.05, 0) is 17.5 Å². The van der Waals surface area contributed by atoms with Crippen molar-refractivity contribution in [3.8, 4) is 0 Å². The number of nitrogens with one attached hydrogen (secondary N) is 1. The van der Waals surface area contributed by atoms with Crippen LogP contribution in [0.3, 0.4) is 0 Å². The van der Waals surface area contributed by atoms with Gasteiger partial charge in [0.25, 0.3) is 0 Å². The molecule has 3 heterocycles. The summed E-state index contributed by atoms with van der Waals surface area (Å²) in [6, 6.07) is 2.57. The molecule has 3 rings (SSSR count). The normalized spacial score (nSPS) is 19.8. The van der Waals surface area contributed by atoms with Crippen molar-refractivity contribution < 1.29 is 17.9 Å². The fraction of sp³-hybridized carbons (Fsp3) is 0.273. The zero-order chi connectivity index (χ0) is 13.5. The lowest BCUT2D eigenvalue weighted by molar-refractivity contribution is -0.139. The first-order valence-corrected chi connectivity index (χ1v) is 7.95. The van der Waals surface area contributed by atoms with Gasteiger partial charge in [0.05, 0.1) is 16.8 Å². The van der Waals surface area contributed by atoms with Crippen LogP contribution in [0.2, 0.25) is 0 Å². The molecule has 1 saturated heterocycles. The predicted octanol–water partition coefficient (Wildman–Crippen LogP) is 0.890. The van der Waals surface area contributed by atoms with E-state index in [0.717, 1.165) is 10.2 Å². The topological polar surface area (TPSA) is 85.4 Å². The molecule has 2 aromatic rings. The van der Waals surface area contributed by atoms with E-state index in [2.05, 4.69) is 9.71 Å². The number of rotatable bonds is 3. The molecular weight excluding hydrogens is 288 g/mol. The van der Waals surface area contributed by atoms with Crippen LogP contribution in [-0.4, -0.2) is 32.0 Å². The van der Waals surface area contributed by atoms with E-state index in [-0.39, 0.29) is 11.5 Å². The number of carbonyl (C=O) groups is 1. The molecule has 100 valence electrons. The van der Waals surface area contributed by atoms with Gasteiger partial charge in [-0.1, -0.05) is 0 Å². The van der Waals surface area contributed by atoms with Gasteiger partial charge in [0.2, 0.25) is 10.0 Å². The van der Waals surface area contributed by atoms with Gasteiger partial charge in [0, 0.05) is 12.6 Å². The first kappa shape index (κ1) is 12.5. The standard InChI is InChI=1S/C11H10N2O4S2/c14-11-9(1-3-17-11)13-19(15,16)7-5-10-8(12-6-7)2-4-18-10/h2,4-6,9,13H,1,3H2/t9-/m0/s1. The molecule has 0 saturated carbocycles. The van der Waals surface area contributed by atoms with E-state index in [4.69, 9.17) is 4.74 Å². The Labute approximate surface area is 113 Å². The lowest BCUT2D eigenvalue weighted by Gasteiger charge is -2.09. The van der Waals surface area contributed by atoms with Crippen LogP contribution >= 0.6 is 11.3 Å². The van der Waals surface area contributed by atoms with Gasteiger partial charge >= 0.3 is 5.97 Å². The molecule has 0 radical (unpaired) electrons. The van der Waals surface area contributed by atoms with Crippen LogP contribution in [0.4, 0.5) is 0 Å². The van der Waals surface area contributed by atoms with Gasteiger partial charge in [-0.3, -0.25) is 9.78 Å². The highest BCUT2D eigenvalue weighted by molar-refractivity contribution is 7.89. The third-order valence-corrected chi connectivity index (χ3v) is 5.11. The van der Waals surface area contributed by atoms with Crippen molar-refractivity contribution in [3.63, 3.8) is 0 Å². The van der Waals surface area contributed by atoms with E-state index in [1.54, 1.807) is 6.07 Å². The Balaban J connectivity index is 1.92. The number of carbonyl (C=O) groups excluding carboxylic acids is 1. The maximum Gasteiger partial charge on any atom is 0.324 e. The Kier molecular flexibility index (Phi) is 3.00. The Morgan fingerprint density at radius 3 is 3.05 bits per heavy atom. The van der Waals surface area contributed by atoms with Crippen molar-refractivity contribution in [2.24, 2.45) is 0 Å². The van der Waals surface area contributed by atoms with Crippen LogP contribution in [-0.2, 0) is 19.6 Å². The summed E-state index contributed by atoms with van der Waals surface area (Å²) in [5.74, 6) is -0.534. The van der Waals surface area contributed by atoms with Gasteiger partial charge in [-0.2, -0.15) is 4.72 Å². The van der Waals surface area contributed by atoms with E-state index in [9.17, 15) is 13.2 Å². The third-order valence-electron chi connectivity index (χ3n) is 2.82. The van der Waals surface area contributed by atoms with Crippen molar-refractivity contribution in [2.45, 2.75) is 17.4 Å². The van der Waals surface area contributed by atoms with Crippen LogP contribution < -0.4 is 4.72 Å². The molecule has 2 aromatic heterocycles. The largest absolute Gasteiger partial charge is 0.464 e. The Morgan fingerprint density at radius 2 is 2.32 bits per heavy atom. The zero-order valence-electron chi connectivity index (χ0n) is 9.70. The van der Waals surface area contributed by atoms with Gasteiger partial charge in [-0.15, -0.1) is 11.3 Å². The Morgan fingerprint density at radius 1 is 1.47 bits per heavy atom. The van der Waals surface area contributed by atoms with Crippen LogP contribution in [0.1, 0.15) is 6.42 Å². The van der Waals surface area contributed by atoms with Gasteiger partial charge in [-0.25, -0.2) is 8.42 Å². The van der Waals surface area contributed by atoms with E-state index < -0.39 is 22.0 Å². The maximum absolute atomic E-state index is 12.1. The highest BCUT2D eigenvalue weighted by Crippen LogP contribution is 2.22. The van der Waals surface area contributed by atoms with E-state index in [1.807, 2.05) is 11.4 Å². The van der Waals surface area contributed by atoms with Gasteiger partial charge < -0.3 is 4.74 Å². The van der Waals surface area contributed by atoms with Gasteiger partial charge in [0.15, 0.2) is 0 Å². The molecule has 6 nitrogen and oxygen atoms in total. The summed E-state index contributed by atoms with van der Waals surface area (Å²) in [6.45, 7) is 0.244. The Hall–Kier alpha value is -1.51. The number of thiophene rings is 1. The fourth-order valence-corrected chi connectivity index (χ4v) is 3.88. The molecule has 1 fully saturated rings. The highest BCUT2D eigenvalue weighted by atomic mass is 32.2. The van der Waals surface area contributed by atoms with Crippen molar-refractivity contribution >= 4 is 37.5 Å². The number of aromatic nitrogens is 1. The van der Waals surface area contributed by atoms with E-state index >= 15 is 0 Å². The summed E-state index contributed by atoms with van der Waals surface area (Å²) in [5, 5.41) is 1.84. The summed E-state index contributed by atoms with van der Waals surface area (Å²) in [5.41, 5.74) is 0.754. The fourth-order valence-electron chi connectivity index (χ4n) is 1.83. The minimum atomic E-state index is -3.75. The lowest BCUT2D eigenvalue weighted by atomic mass is 10.3. The SMILES string of the molecule is O=C1OCC[C@@H]1NS(=O)(=O)c1cnc2ccsc2c1. The molecule has 0 spiro atoms. The van der Waals surface area contributed by atoms with Crippen molar-refractivity contribution in [1.29, 1.82) is 0 Å². The number of cyclic esters (lactones) is 1. The lowest BCUT2D eigenvalue weighted by Crippen LogP contribution is -2.37. The minimum Gasteiger partial charge on any atom is -0.464 e. The number of hydrogen-bond donors (Lipinski definition) is 1. The monoisotopic (exact) mass is 298 g/mol. The molecule has 1 aliphatic heterocycles. The molecule has 1 aliphatic rings. The van der Waals surface area contributed by atoms with Crippen molar-refractivity contribution in [1.82, 2.24) is 9.71 Å². The zero-order valence-corrected chi connectivity index (χ0v) is 11.3. The van der Waals surface area contributed by atoms with E-state index in [1.165, 1.54) is 17.5 Å². The van der Waals surface area contributed by atoms with Gasteiger partial charge in [0.1, 0.15) is 10.9 Å². The molecule has 0 aromatic carbocycles. The molecule has 1 atom stereocenters. The number of hydrogen-bond acceptors (Lipinski definition) is 6. The average Bonchev–Trinajstić information content (AvgIpc) is 2.97. The summed E-state index contributed by atoms with van der Waals surface area (Å²) in [6.07, 6.45) is 1.64. The average molecular weight is 298 g/mol. The van der Waals surface area contributed by atoms with Crippen LogP contribution in [0.25, 0.3) is 10.2 Å². The number of esters is 1. The smallest absolute Gasteiger partial charge is 0.324 e. The van der Waals surface area contributed by atoms with Crippen LogP contribution in [0.15, 0.2) is 28.6 Å². The molecule has 0 amide bonds. The number of ether oxygens (including phenoxy) is 1. The number of pyridine rings is 1.